The first-order chi connectivity index (χ1) is 21.7. The van der Waals surface area contributed by atoms with E-state index < -0.39 is 61.4 Å². The number of rotatable bonds is 11. The minimum atomic E-state index is -4.59. The van der Waals surface area contributed by atoms with E-state index in [1.54, 1.807) is 57.1 Å². The summed E-state index contributed by atoms with van der Waals surface area (Å²) >= 11 is 6.32. The molecule has 14 nitrogen and oxygen atoms in total. The maximum atomic E-state index is 16.4. The molecule has 46 heavy (non-hydrogen) atoms. The van der Waals surface area contributed by atoms with E-state index in [9.17, 15) is 14.5 Å². The molecule has 4 N–H and O–H groups in total. The predicted octanol–water partition coefficient (Wildman–Crippen LogP) is 3.72. The van der Waals surface area contributed by atoms with E-state index in [0.29, 0.717) is 16.7 Å². The highest BCUT2D eigenvalue weighted by Crippen LogP contribution is 2.69. The number of aromatic nitrogens is 4. The fourth-order valence-corrected chi connectivity index (χ4v) is 7.92. The average Bonchev–Trinajstić information content (AvgIpc) is 3.23. The van der Waals surface area contributed by atoms with Crippen LogP contribution in [0.3, 0.4) is 0 Å². The molecular weight excluding hydrogens is 644 g/mol. The van der Waals surface area contributed by atoms with Gasteiger partial charge in [-0.05, 0) is 32.2 Å². The molecule has 1 unspecified atom stereocenters. The molecule has 0 amide bonds. The summed E-state index contributed by atoms with van der Waals surface area (Å²) in [6.45, 7) is 4.74. The van der Waals surface area contributed by atoms with Crippen molar-refractivity contribution >= 4 is 59.0 Å². The molecule has 0 spiro atoms. The fourth-order valence-electron chi connectivity index (χ4n) is 5.74. The Bertz CT molecular complexity index is 1850. The lowest BCUT2D eigenvalue weighted by atomic mass is 10.1. The van der Waals surface area contributed by atoms with Crippen LogP contribution in [0.1, 0.15) is 27.0 Å². The molecule has 0 bridgehead atoms. The normalized spacial score (nSPS) is 27.4. The first kappa shape index (κ1) is 32.4. The van der Waals surface area contributed by atoms with E-state index in [4.69, 9.17) is 35.9 Å². The lowest BCUT2D eigenvalue weighted by molar-refractivity contribution is -0.149. The van der Waals surface area contributed by atoms with Crippen molar-refractivity contribution in [1.29, 1.82) is 0 Å². The van der Waals surface area contributed by atoms with Crippen LogP contribution in [0.2, 0.25) is 0 Å². The van der Waals surface area contributed by atoms with Crippen molar-refractivity contribution < 1.29 is 37.4 Å². The Hall–Kier alpha value is -3.59. The van der Waals surface area contributed by atoms with Gasteiger partial charge in [0.05, 0.1) is 18.3 Å². The number of alkyl halides is 2. The summed E-state index contributed by atoms with van der Waals surface area (Å²) < 4.78 is 55.4. The highest BCUT2D eigenvalue weighted by atomic mass is 35.5. The van der Waals surface area contributed by atoms with Crippen LogP contribution in [0.5, 0.6) is 5.75 Å². The molecule has 1 saturated heterocycles. The summed E-state index contributed by atoms with van der Waals surface area (Å²) in [5, 5.41) is 15.7. The van der Waals surface area contributed by atoms with Crippen LogP contribution in [0.25, 0.3) is 21.9 Å². The number of ether oxygens (including phenoxy) is 2. The number of nitrogens with two attached hydrogens (primary N) is 1. The van der Waals surface area contributed by atoms with Crippen molar-refractivity contribution in [3.63, 3.8) is 0 Å². The molecule has 7 atom stereocenters. The monoisotopic (exact) mass is 677 g/mol. The maximum absolute atomic E-state index is 16.4. The molecule has 246 valence electrons. The number of hydrogen-bond donors (Lipinski definition) is 3. The van der Waals surface area contributed by atoms with Gasteiger partial charge in [-0.15, -0.1) is 11.6 Å². The van der Waals surface area contributed by atoms with Gasteiger partial charge in [-0.2, -0.15) is 15.1 Å². The zero-order valence-corrected chi connectivity index (χ0v) is 27.3. The molecule has 17 heteroatoms. The summed E-state index contributed by atoms with van der Waals surface area (Å²) in [6.07, 6.45) is -4.35. The maximum Gasteiger partial charge on any atom is 0.459 e. The van der Waals surface area contributed by atoms with Gasteiger partial charge in [-0.25, -0.2) is 13.9 Å². The van der Waals surface area contributed by atoms with E-state index in [1.807, 2.05) is 18.2 Å². The van der Waals surface area contributed by atoms with Gasteiger partial charge in [0, 0.05) is 19.5 Å². The van der Waals surface area contributed by atoms with Crippen LogP contribution in [0.4, 0.5) is 16.2 Å². The zero-order chi connectivity index (χ0) is 33.2. The number of imidazole rings is 1. The van der Waals surface area contributed by atoms with E-state index in [2.05, 4.69) is 20.0 Å². The van der Waals surface area contributed by atoms with E-state index in [-0.39, 0.29) is 17.3 Å². The number of fused-ring (bicyclic) bond motifs is 3. The van der Waals surface area contributed by atoms with Gasteiger partial charge >= 0.3 is 13.7 Å². The quantitative estimate of drug-likeness (QED) is 0.119. The molecule has 0 radical (unpaired) electrons. The lowest BCUT2D eigenvalue weighted by Crippen LogP contribution is -2.38. The van der Waals surface area contributed by atoms with Crippen molar-refractivity contribution in [3.8, 4) is 5.75 Å². The van der Waals surface area contributed by atoms with Crippen LogP contribution in [0, 0.1) is 0 Å². The Labute approximate surface area is 268 Å². The van der Waals surface area contributed by atoms with Crippen molar-refractivity contribution in [2.75, 3.05) is 30.6 Å². The van der Waals surface area contributed by atoms with Crippen molar-refractivity contribution in [1.82, 2.24) is 24.6 Å². The number of carbonyl (C=O) groups is 1. The predicted molar refractivity (Wildman–Crippen MR) is 168 cm³/mol. The van der Waals surface area contributed by atoms with Crippen LogP contribution < -0.4 is 20.2 Å². The molecule has 3 heterocycles. The van der Waals surface area contributed by atoms with E-state index >= 15 is 4.39 Å². The molecule has 1 saturated carbocycles. The molecular formula is C29H34ClFN7O7P. The minimum absolute atomic E-state index is 0.0776. The third-order valence-electron chi connectivity index (χ3n) is 8.01. The first-order valence-electron chi connectivity index (χ1n) is 14.5. The molecule has 4 aromatic rings. The van der Waals surface area contributed by atoms with Gasteiger partial charge < -0.3 is 29.7 Å². The second-order valence-electron chi connectivity index (χ2n) is 11.8. The number of aliphatic hydroxyl groups is 1. The lowest BCUT2D eigenvalue weighted by Gasteiger charge is -2.27. The second-order valence-corrected chi connectivity index (χ2v) is 13.7. The number of hydrogen-bond acceptors (Lipinski definition) is 12. The van der Waals surface area contributed by atoms with Crippen molar-refractivity contribution in [3.05, 3.63) is 48.8 Å². The third kappa shape index (κ3) is 5.15. The average molecular weight is 678 g/mol. The summed E-state index contributed by atoms with van der Waals surface area (Å²) in [7, 11) is -1.12. The van der Waals surface area contributed by atoms with Gasteiger partial charge in [0.25, 0.3) is 0 Å². The van der Waals surface area contributed by atoms with Gasteiger partial charge in [0.2, 0.25) is 5.95 Å². The highest BCUT2D eigenvalue weighted by molar-refractivity contribution is 7.52. The Balaban J connectivity index is 1.33. The summed E-state index contributed by atoms with van der Waals surface area (Å²) in [5.41, 5.74) is 2.17. The van der Waals surface area contributed by atoms with Gasteiger partial charge in [-0.1, -0.05) is 36.4 Å². The Morgan fingerprint density at radius 1 is 1.24 bits per heavy atom. The first-order valence-corrected chi connectivity index (χ1v) is 16.5. The fraction of sp³-hybridized carbons (Fsp3) is 0.448. The number of halogens is 2. The number of nitrogen functional groups attached to an aromatic ring is 1. The second kappa shape index (κ2) is 11.6. The molecule has 1 aliphatic carbocycles. The molecule has 6 rings (SSSR count). The number of nitrogens with one attached hydrogen (secondary N) is 1. The zero-order valence-electron chi connectivity index (χ0n) is 25.6. The van der Waals surface area contributed by atoms with E-state index in [1.165, 1.54) is 17.8 Å². The standard InChI is InChI=1S/C29H34ClFN7O7P/c1-15(2)42-25(39)16(3)36-46(41,44-19-12-8-10-17-9-6-7-11-18(17)19)45-26-28(13-30)29(26,40)21(31)24(43-28)38-14-33-20-22(37(4)5)34-27(32)35-23(20)38/h6-12,14-16,21,24,26,40H,13H2,1-5H3,(H,36,41)(H2,32,34,35)/t16-,21-,24+,26?,28+,29+,46+/m0/s1. The number of esters is 1. The van der Waals surface area contributed by atoms with E-state index in [0.717, 1.165) is 5.39 Å². The number of benzene rings is 2. The largest absolute Gasteiger partial charge is 0.462 e. The summed E-state index contributed by atoms with van der Waals surface area (Å²) in [5.74, 6) is -0.699. The van der Waals surface area contributed by atoms with Gasteiger partial charge in [0.1, 0.15) is 23.5 Å². The Kier molecular flexibility index (Phi) is 8.15. The topological polar surface area (TPSA) is 176 Å². The number of nitrogens with zero attached hydrogens (tertiary/aromatic N) is 5. The molecule has 2 aliphatic rings. The van der Waals surface area contributed by atoms with Gasteiger partial charge in [-0.3, -0.25) is 13.9 Å². The van der Waals surface area contributed by atoms with Crippen molar-refractivity contribution in [2.45, 2.75) is 62.6 Å². The Morgan fingerprint density at radius 2 is 1.96 bits per heavy atom. The van der Waals surface area contributed by atoms with Crippen molar-refractivity contribution in [2.24, 2.45) is 0 Å². The highest BCUT2D eigenvalue weighted by Gasteiger charge is 2.90. The van der Waals surface area contributed by atoms with Crippen LogP contribution >= 0.6 is 19.3 Å². The molecule has 2 fully saturated rings. The van der Waals surface area contributed by atoms with Crippen LogP contribution in [-0.2, 0) is 23.4 Å². The van der Waals surface area contributed by atoms with Gasteiger partial charge in [0.15, 0.2) is 35.0 Å². The third-order valence-corrected chi connectivity index (χ3v) is 10.0. The SMILES string of the molecule is CC(C)OC(=O)[C@H](C)N[P@@](=O)(Oc1cccc2ccccc12)OC1[C@@]2(CCl)O[C@@H](n3cnc4c(N(C)C)nc(N)nc43)[C@H](F)[C@@]12O. The van der Waals surface area contributed by atoms with Crippen LogP contribution in [0.15, 0.2) is 48.8 Å². The number of carbonyl (C=O) groups excluding carboxylic acids is 1. The minimum Gasteiger partial charge on any atom is -0.462 e. The molecule has 1 aliphatic heterocycles. The summed E-state index contributed by atoms with van der Waals surface area (Å²) in [4.78, 5) is 27.1. The summed E-state index contributed by atoms with van der Waals surface area (Å²) in [6, 6.07) is 11.1. The molecule has 2 aromatic heterocycles. The number of anilines is 2. The van der Waals surface area contributed by atoms with Crippen LogP contribution in [-0.4, -0.2) is 86.2 Å². The molecule has 2 aromatic carbocycles. The smallest absolute Gasteiger partial charge is 0.459 e. The Morgan fingerprint density at radius 3 is 2.63 bits per heavy atom.